The first kappa shape index (κ1) is 18.9. The van der Waals surface area contributed by atoms with E-state index in [0.29, 0.717) is 19.6 Å². The van der Waals surface area contributed by atoms with Crippen LogP contribution in [0, 0.1) is 0 Å². The van der Waals surface area contributed by atoms with Gasteiger partial charge in [-0.05, 0) is 24.5 Å². The van der Waals surface area contributed by atoms with E-state index in [1.54, 1.807) is 14.1 Å². The second-order valence-corrected chi connectivity index (χ2v) is 8.55. The van der Waals surface area contributed by atoms with Gasteiger partial charge in [0.25, 0.3) is 0 Å². The fourth-order valence-electron chi connectivity index (χ4n) is 2.94. The Morgan fingerprint density at radius 3 is 2.50 bits per heavy atom. The first-order chi connectivity index (χ1) is 11.3. The van der Waals surface area contributed by atoms with Crippen molar-refractivity contribution < 1.29 is 13.2 Å². The molecule has 6 nitrogen and oxygen atoms in total. The quantitative estimate of drug-likeness (QED) is 0.857. The largest absolute Gasteiger partial charge is 0.348 e. The summed E-state index contributed by atoms with van der Waals surface area (Å²) in [5.41, 5.74) is 2.17. The minimum absolute atomic E-state index is 0.285. The van der Waals surface area contributed by atoms with E-state index in [0.717, 1.165) is 12.0 Å². The van der Waals surface area contributed by atoms with Crippen molar-refractivity contribution in [2.75, 3.05) is 33.7 Å². The lowest BCUT2D eigenvalue weighted by Gasteiger charge is -2.37. The molecule has 1 N–H and O–H groups in total. The molecule has 1 fully saturated rings. The van der Waals surface area contributed by atoms with Gasteiger partial charge in [0.15, 0.2) is 5.25 Å². The predicted molar refractivity (Wildman–Crippen MR) is 95.2 cm³/mol. The van der Waals surface area contributed by atoms with Crippen molar-refractivity contribution in [2.45, 2.75) is 31.6 Å². The van der Waals surface area contributed by atoms with E-state index >= 15 is 0 Å². The Morgan fingerprint density at radius 2 is 1.96 bits per heavy atom. The summed E-state index contributed by atoms with van der Waals surface area (Å²) in [7, 11) is -0.564. The van der Waals surface area contributed by atoms with Crippen molar-refractivity contribution in [3.05, 3.63) is 35.4 Å². The summed E-state index contributed by atoms with van der Waals surface area (Å²) < 4.78 is 27.5. The monoisotopic (exact) mass is 353 g/mol. The lowest BCUT2D eigenvalue weighted by atomic mass is 10.0. The maximum absolute atomic E-state index is 13.0. The van der Waals surface area contributed by atoms with Gasteiger partial charge < -0.3 is 10.2 Å². The van der Waals surface area contributed by atoms with E-state index in [1.807, 2.05) is 24.3 Å². The molecule has 0 aliphatic carbocycles. The number of nitrogens with one attached hydrogen (secondary N) is 1. The number of hydrogen-bond donors (Lipinski definition) is 1. The van der Waals surface area contributed by atoms with Crippen LogP contribution in [-0.2, 0) is 21.2 Å². The van der Waals surface area contributed by atoms with Gasteiger partial charge in [-0.3, -0.25) is 4.79 Å². The van der Waals surface area contributed by atoms with Gasteiger partial charge in [0, 0.05) is 33.7 Å². The van der Waals surface area contributed by atoms with Crippen LogP contribution in [0.4, 0.5) is 0 Å². The van der Waals surface area contributed by atoms with Crippen molar-refractivity contribution in [3.8, 4) is 0 Å². The molecule has 0 saturated carbocycles. The average molecular weight is 353 g/mol. The van der Waals surface area contributed by atoms with Crippen molar-refractivity contribution in [3.63, 3.8) is 0 Å². The Bertz CT molecular complexity index is 671. The molecular formula is C17H27N3O3S. The SMILES string of the molecule is CCc1ccc(C2CNCCN2S(=O)(=O)C(C)C(=O)N(C)C)cc1. The van der Waals surface area contributed by atoms with Crippen LogP contribution < -0.4 is 5.32 Å². The summed E-state index contributed by atoms with van der Waals surface area (Å²) in [4.78, 5) is 13.5. The highest BCUT2D eigenvalue weighted by Gasteiger charge is 2.40. The molecule has 1 aliphatic heterocycles. The normalized spacial score (nSPS) is 20.6. The number of carbonyl (C=O) groups excluding carboxylic acids is 1. The summed E-state index contributed by atoms with van der Waals surface area (Å²) in [6, 6.07) is 7.74. The number of piperazine rings is 1. The van der Waals surface area contributed by atoms with Gasteiger partial charge in [-0.15, -0.1) is 0 Å². The molecule has 0 aromatic heterocycles. The summed E-state index contributed by atoms with van der Waals surface area (Å²) in [5.74, 6) is -0.395. The molecule has 1 saturated heterocycles. The molecule has 134 valence electrons. The van der Waals surface area contributed by atoms with E-state index in [2.05, 4.69) is 12.2 Å². The fourth-order valence-corrected chi connectivity index (χ4v) is 4.71. The number of rotatable bonds is 5. The van der Waals surface area contributed by atoms with E-state index in [1.165, 1.54) is 21.7 Å². The molecule has 24 heavy (non-hydrogen) atoms. The number of amides is 1. The summed E-state index contributed by atoms with van der Waals surface area (Å²) >= 11 is 0. The van der Waals surface area contributed by atoms with Gasteiger partial charge in [0.2, 0.25) is 15.9 Å². The minimum Gasteiger partial charge on any atom is -0.348 e. The highest BCUT2D eigenvalue weighted by Crippen LogP contribution is 2.27. The molecule has 0 bridgehead atoms. The maximum Gasteiger partial charge on any atom is 0.241 e. The lowest BCUT2D eigenvalue weighted by molar-refractivity contribution is -0.128. The zero-order valence-corrected chi connectivity index (χ0v) is 15.6. The molecule has 1 aromatic carbocycles. The molecule has 0 radical (unpaired) electrons. The highest BCUT2D eigenvalue weighted by molar-refractivity contribution is 7.90. The number of aryl methyl sites for hydroxylation is 1. The van der Waals surface area contributed by atoms with E-state index < -0.39 is 21.2 Å². The predicted octanol–water partition coefficient (Wildman–Crippen LogP) is 1.00. The molecule has 2 rings (SSSR count). The Hall–Kier alpha value is -1.44. The van der Waals surface area contributed by atoms with Gasteiger partial charge in [-0.25, -0.2) is 8.42 Å². The second kappa shape index (κ2) is 7.63. The van der Waals surface area contributed by atoms with Crippen LogP contribution in [0.3, 0.4) is 0 Å². The smallest absolute Gasteiger partial charge is 0.241 e. The standard InChI is InChI=1S/C17H27N3O3S/c1-5-14-6-8-15(9-7-14)16-12-18-10-11-20(16)24(22,23)13(2)17(21)19(3)4/h6-9,13,16,18H,5,10-12H2,1-4H3. The molecule has 2 atom stereocenters. The Morgan fingerprint density at radius 1 is 1.33 bits per heavy atom. The van der Waals surface area contributed by atoms with Gasteiger partial charge in [0.05, 0.1) is 6.04 Å². The second-order valence-electron chi connectivity index (χ2n) is 6.35. The molecule has 1 aliphatic rings. The van der Waals surface area contributed by atoms with Crippen molar-refractivity contribution in [2.24, 2.45) is 0 Å². The molecule has 1 heterocycles. The van der Waals surface area contributed by atoms with Crippen LogP contribution in [0.25, 0.3) is 0 Å². The Labute approximate surface area is 144 Å². The van der Waals surface area contributed by atoms with Gasteiger partial charge in [-0.1, -0.05) is 31.2 Å². The van der Waals surface area contributed by atoms with Crippen molar-refractivity contribution >= 4 is 15.9 Å². The summed E-state index contributed by atoms with van der Waals surface area (Å²) in [5, 5.41) is 2.17. The van der Waals surface area contributed by atoms with Gasteiger partial charge >= 0.3 is 0 Å². The lowest BCUT2D eigenvalue weighted by Crippen LogP contribution is -2.53. The van der Waals surface area contributed by atoms with Crippen molar-refractivity contribution in [1.82, 2.24) is 14.5 Å². The highest BCUT2D eigenvalue weighted by atomic mass is 32.2. The van der Waals surface area contributed by atoms with Gasteiger partial charge in [-0.2, -0.15) is 4.31 Å². The van der Waals surface area contributed by atoms with Crippen LogP contribution >= 0.6 is 0 Å². The topological polar surface area (TPSA) is 69.7 Å². The van der Waals surface area contributed by atoms with Crippen LogP contribution in [0.5, 0.6) is 0 Å². The summed E-state index contributed by atoms with van der Waals surface area (Å²) in [6.45, 7) is 5.06. The third-order valence-corrected chi connectivity index (χ3v) is 6.72. The van der Waals surface area contributed by atoms with Crippen molar-refractivity contribution in [1.29, 1.82) is 0 Å². The molecule has 7 heteroatoms. The van der Waals surface area contributed by atoms with Crippen LogP contribution in [0.15, 0.2) is 24.3 Å². The zero-order chi connectivity index (χ0) is 17.9. The number of sulfonamides is 1. The molecule has 1 aromatic rings. The van der Waals surface area contributed by atoms with E-state index in [9.17, 15) is 13.2 Å². The molecule has 1 amide bonds. The zero-order valence-electron chi connectivity index (χ0n) is 14.8. The van der Waals surface area contributed by atoms with Gasteiger partial charge in [0.1, 0.15) is 0 Å². The van der Waals surface area contributed by atoms with E-state index in [4.69, 9.17) is 0 Å². The van der Waals surface area contributed by atoms with Crippen LogP contribution in [0.1, 0.15) is 31.0 Å². The molecule has 2 unspecified atom stereocenters. The van der Waals surface area contributed by atoms with Crippen LogP contribution in [0.2, 0.25) is 0 Å². The third-order valence-electron chi connectivity index (χ3n) is 4.53. The fraction of sp³-hybridized carbons (Fsp3) is 0.588. The number of benzene rings is 1. The number of carbonyl (C=O) groups is 1. The Balaban J connectivity index is 2.32. The average Bonchev–Trinajstić information content (AvgIpc) is 2.60. The first-order valence-corrected chi connectivity index (χ1v) is 9.80. The Kier molecular flexibility index (Phi) is 6.01. The molecular weight excluding hydrogens is 326 g/mol. The maximum atomic E-state index is 13.0. The molecule has 0 spiro atoms. The minimum atomic E-state index is -3.72. The van der Waals surface area contributed by atoms with Crippen LogP contribution in [-0.4, -0.2) is 62.5 Å². The number of hydrogen-bond acceptors (Lipinski definition) is 4. The summed E-state index contributed by atoms with van der Waals surface area (Å²) in [6.07, 6.45) is 0.944. The third kappa shape index (κ3) is 3.79. The first-order valence-electron chi connectivity index (χ1n) is 8.30. The van der Waals surface area contributed by atoms with E-state index in [-0.39, 0.29) is 6.04 Å². The number of nitrogens with zero attached hydrogens (tertiary/aromatic N) is 2.